The summed E-state index contributed by atoms with van der Waals surface area (Å²) in [7, 11) is 0. The first-order valence-corrected chi connectivity index (χ1v) is 12.7. The van der Waals surface area contributed by atoms with E-state index in [4.69, 9.17) is 18.9 Å². The second kappa shape index (κ2) is 12.3. The highest BCUT2D eigenvalue weighted by Crippen LogP contribution is 2.30. The minimum Gasteiger partial charge on any atom is -0.452 e. The highest BCUT2D eigenvalue weighted by Gasteiger charge is 2.50. The fourth-order valence-electron chi connectivity index (χ4n) is 3.77. The molecule has 0 saturated carbocycles. The SMILES string of the molecule is O=C(O[C@@H]1[C@@H](OCc2ccccc2)[C@@H](O)O[C@H](CI)[C@H]1OC(=O)c1ccccc1)c1ccccc1. The fraction of sp³-hybridized carbons (Fsp3) is 0.259. The lowest BCUT2D eigenvalue weighted by molar-refractivity contribution is -0.287. The van der Waals surface area contributed by atoms with Gasteiger partial charge in [-0.05, 0) is 29.8 Å². The van der Waals surface area contributed by atoms with Crippen LogP contribution >= 0.6 is 22.6 Å². The zero-order valence-electron chi connectivity index (χ0n) is 18.7. The van der Waals surface area contributed by atoms with Crippen LogP contribution in [0.5, 0.6) is 0 Å². The second-order valence-corrected chi connectivity index (χ2v) is 8.83. The Morgan fingerprint density at radius 1 is 0.743 bits per heavy atom. The number of carbonyl (C=O) groups is 2. The van der Waals surface area contributed by atoms with Gasteiger partial charge in [0.05, 0.1) is 17.7 Å². The number of benzene rings is 3. The Balaban J connectivity index is 1.62. The van der Waals surface area contributed by atoms with E-state index in [0.29, 0.717) is 15.6 Å². The molecule has 35 heavy (non-hydrogen) atoms. The van der Waals surface area contributed by atoms with E-state index in [2.05, 4.69) is 22.6 Å². The molecule has 182 valence electrons. The molecular weight excluding hydrogens is 563 g/mol. The van der Waals surface area contributed by atoms with Gasteiger partial charge in [-0.1, -0.05) is 89.3 Å². The maximum absolute atomic E-state index is 13.0. The Labute approximate surface area is 217 Å². The number of halogens is 1. The Bertz CT molecular complexity index is 1090. The summed E-state index contributed by atoms with van der Waals surface area (Å²) in [6.07, 6.45) is -5.31. The van der Waals surface area contributed by atoms with Crippen LogP contribution < -0.4 is 0 Å². The molecular formula is C27H25IO7. The van der Waals surface area contributed by atoms with Crippen LogP contribution in [0, 0.1) is 0 Å². The van der Waals surface area contributed by atoms with Crippen LogP contribution in [0.3, 0.4) is 0 Å². The standard InChI is InChI=1S/C27H25IO7/c28-16-21-22(34-25(29)19-12-6-2-7-13-19)23(35-26(30)20-14-8-3-9-15-20)24(27(31)33-21)32-17-18-10-4-1-5-11-18/h1-15,21-24,27,31H,16-17H2/t21-,22-,23+,24-,27+/m1/s1. The van der Waals surface area contributed by atoms with Crippen LogP contribution in [0.25, 0.3) is 0 Å². The van der Waals surface area contributed by atoms with Crippen molar-refractivity contribution in [1.82, 2.24) is 0 Å². The number of aliphatic hydroxyl groups is 1. The number of esters is 2. The van der Waals surface area contributed by atoms with Gasteiger partial charge in [-0.25, -0.2) is 9.59 Å². The molecule has 1 heterocycles. The van der Waals surface area contributed by atoms with Gasteiger partial charge in [0.25, 0.3) is 0 Å². The highest BCUT2D eigenvalue weighted by molar-refractivity contribution is 14.1. The number of rotatable bonds is 8. The lowest BCUT2D eigenvalue weighted by Crippen LogP contribution is -2.61. The Hall–Kier alpha value is -2.79. The molecule has 4 rings (SSSR count). The largest absolute Gasteiger partial charge is 0.452 e. The molecule has 0 bridgehead atoms. The summed E-state index contributed by atoms with van der Waals surface area (Å²) in [6, 6.07) is 26.4. The first-order valence-electron chi connectivity index (χ1n) is 11.1. The number of hydrogen-bond acceptors (Lipinski definition) is 7. The summed E-state index contributed by atoms with van der Waals surface area (Å²) < 4.78 is 23.8. The van der Waals surface area contributed by atoms with Crippen LogP contribution in [0.15, 0.2) is 91.0 Å². The molecule has 1 aliphatic heterocycles. The van der Waals surface area contributed by atoms with Gasteiger partial charge in [0, 0.05) is 4.43 Å². The van der Waals surface area contributed by atoms with Gasteiger partial charge in [0.2, 0.25) is 0 Å². The van der Waals surface area contributed by atoms with E-state index in [-0.39, 0.29) is 6.61 Å². The van der Waals surface area contributed by atoms with E-state index in [0.717, 1.165) is 5.56 Å². The van der Waals surface area contributed by atoms with Crippen molar-refractivity contribution in [3.8, 4) is 0 Å². The Morgan fingerprint density at radius 2 is 1.23 bits per heavy atom. The molecule has 3 aromatic rings. The molecule has 0 aliphatic carbocycles. The molecule has 5 atom stereocenters. The lowest BCUT2D eigenvalue weighted by Gasteiger charge is -2.43. The molecule has 1 saturated heterocycles. The van der Waals surface area contributed by atoms with Crippen molar-refractivity contribution >= 4 is 34.5 Å². The number of hydrogen-bond donors (Lipinski definition) is 1. The molecule has 0 spiro atoms. The first kappa shape index (κ1) is 25.3. The normalized spacial score (nSPS) is 23.9. The zero-order valence-corrected chi connectivity index (χ0v) is 20.9. The monoisotopic (exact) mass is 588 g/mol. The number of aliphatic hydroxyl groups excluding tert-OH is 1. The van der Waals surface area contributed by atoms with Crippen molar-refractivity contribution in [2.45, 2.75) is 37.3 Å². The van der Waals surface area contributed by atoms with Crippen LogP contribution in [-0.4, -0.2) is 52.2 Å². The van der Waals surface area contributed by atoms with E-state index in [1.54, 1.807) is 60.7 Å². The zero-order chi connectivity index (χ0) is 24.6. The minimum absolute atomic E-state index is 0.138. The van der Waals surface area contributed by atoms with Crippen LogP contribution in [0.2, 0.25) is 0 Å². The van der Waals surface area contributed by atoms with E-state index >= 15 is 0 Å². The number of alkyl halides is 1. The average Bonchev–Trinajstić information content (AvgIpc) is 2.91. The summed E-state index contributed by atoms with van der Waals surface area (Å²) in [5.41, 5.74) is 1.54. The molecule has 0 radical (unpaired) electrons. The third-order valence-electron chi connectivity index (χ3n) is 5.55. The molecule has 8 heteroatoms. The topological polar surface area (TPSA) is 91.3 Å². The van der Waals surface area contributed by atoms with Gasteiger partial charge in [0.1, 0.15) is 12.2 Å². The van der Waals surface area contributed by atoms with Gasteiger partial charge in [0.15, 0.2) is 18.5 Å². The first-order chi connectivity index (χ1) is 17.1. The van der Waals surface area contributed by atoms with Crippen molar-refractivity contribution in [1.29, 1.82) is 0 Å². The smallest absolute Gasteiger partial charge is 0.338 e. The van der Waals surface area contributed by atoms with Crippen molar-refractivity contribution in [2.75, 3.05) is 4.43 Å². The predicted octanol–water partition coefficient (Wildman–Crippen LogP) is 4.18. The Kier molecular flexibility index (Phi) is 8.86. The molecule has 0 amide bonds. The lowest BCUT2D eigenvalue weighted by atomic mass is 9.98. The highest BCUT2D eigenvalue weighted by atomic mass is 127. The summed E-state index contributed by atoms with van der Waals surface area (Å²) >= 11 is 2.08. The van der Waals surface area contributed by atoms with Gasteiger partial charge in [-0.3, -0.25) is 0 Å². The van der Waals surface area contributed by atoms with E-state index in [1.165, 1.54) is 0 Å². The molecule has 1 fully saturated rings. The third kappa shape index (κ3) is 6.46. The number of ether oxygens (including phenoxy) is 4. The van der Waals surface area contributed by atoms with Crippen LogP contribution in [-0.2, 0) is 25.6 Å². The maximum Gasteiger partial charge on any atom is 0.338 e. The minimum atomic E-state index is -1.39. The van der Waals surface area contributed by atoms with Crippen molar-refractivity contribution in [2.24, 2.45) is 0 Å². The van der Waals surface area contributed by atoms with Gasteiger partial charge >= 0.3 is 11.9 Å². The third-order valence-corrected chi connectivity index (χ3v) is 6.42. The van der Waals surface area contributed by atoms with Crippen molar-refractivity contribution in [3.05, 3.63) is 108 Å². The fourth-order valence-corrected chi connectivity index (χ4v) is 4.48. The average molecular weight is 588 g/mol. The molecule has 3 aromatic carbocycles. The maximum atomic E-state index is 13.0. The number of carbonyl (C=O) groups excluding carboxylic acids is 2. The predicted molar refractivity (Wildman–Crippen MR) is 136 cm³/mol. The van der Waals surface area contributed by atoms with Crippen molar-refractivity contribution in [3.63, 3.8) is 0 Å². The van der Waals surface area contributed by atoms with E-state index < -0.39 is 42.6 Å². The molecule has 1 N–H and O–H groups in total. The quantitative estimate of drug-likeness (QED) is 0.240. The van der Waals surface area contributed by atoms with E-state index in [1.807, 2.05) is 30.3 Å². The van der Waals surface area contributed by atoms with Gasteiger partial charge in [-0.15, -0.1) is 0 Å². The second-order valence-electron chi connectivity index (χ2n) is 7.95. The van der Waals surface area contributed by atoms with Crippen molar-refractivity contribution < 1.29 is 33.6 Å². The van der Waals surface area contributed by atoms with Gasteiger partial charge in [-0.2, -0.15) is 0 Å². The van der Waals surface area contributed by atoms with E-state index in [9.17, 15) is 14.7 Å². The van der Waals surface area contributed by atoms with Gasteiger partial charge < -0.3 is 24.1 Å². The summed E-state index contributed by atoms with van der Waals surface area (Å²) in [6.45, 7) is 0.138. The molecule has 0 unspecified atom stereocenters. The van der Waals surface area contributed by atoms with Crippen LogP contribution in [0.4, 0.5) is 0 Å². The summed E-state index contributed by atoms with van der Waals surface area (Å²) in [5, 5.41) is 10.8. The molecule has 7 nitrogen and oxygen atoms in total. The molecule has 0 aromatic heterocycles. The summed E-state index contributed by atoms with van der Waals surface area (Å²) in [4.78, 5) is 25.9. The Morgan fingerprint density at radius 3 is 1.74 bits per heavy atom. The van der Waals surface area contributed by atoms with Crippen LogP contribution in [0.1, 0.15) is 26.3 Å². The summed E-state index contributed by atoms with van der Waals surface area (Å²) in [5.74, 6) is -1.21. The molecule has 1 aliphatic rings.